The molecule has 9 rings (SSSR count). The Balaban J connectivity index is 0.000000180. The van der Waals surface area contributed by atoms with E-state index in [1.807, 2.05) is 59.9 Å². The first kappa shape index (κ1) is 30.7. The molecule has 0 aliphatic rings. The molecule has 2 heterocycles. The number of hydrogen-bond acceptors (Lipinski definition) is 3. The van der Waals surface area contributed by atoms with Crippen LogP contribution < -0.4 is 5.73 Å². The number of rotatable bonds is 1. The van der Waals surface area contributed by atoms with Crippen LogP contribution in [0.2, 0.25) is 0 Å². The van der Waals surface area contributed by atoms with E-state index in [9.17, 15) is 0 Å². The molecule has 0 aliphatic carbocycles. The van der Waals surface area contributed by atoms with Gasteiger partial charge in [0, 0.05) is 55.4 Å². The second-order valence-corrected chi connectivity index (χ2v) is 12.3. The summed E-state index contributed by atoms with van der Waals surface area (Å²) in [6.07, 6.45) is 0. The average molecular weight is 616 g/mol. The minimum Gasteiger partial charge on any atom is -0.343 e. The Labute approximate surface area is 273 Å². The van der Waals surface area contributed by atoms with Crippen LogP contribution in [-0.4, -0.2) is 11.3 Å². The largest absolute Gasteiger partial charge is 0.343 e. The lowest BCUT2D eigenvalue weighted by molar-refractivity contribution is 1.02. The van der Waals surface area contributed by atoms with Crippen molar-refractivity contribution in [3.8, 4) is 0 Å². The van der Waals surface area contributed by atoms with Crippen molar-refractivity contribution in [1.29, 1.82) is 5.41 Å². The van der Waals surface area contributed by atoms with Crippen LogP contribution in [0.5, 0.6) is 0 Å². The van der Waals surface area contributed by atoms with E-state index in [0.717, 1.165) is 0 Å². The number of nitrogens with zero attached hydrogens (tertiary/aromatic N) is 1. The SMILES string of the molecule is C=N.Cc1ccccc1.Cn1c2ccccc2c2ccc3c(ccc4ccc5sc6ccccc6c5c43)c21.NCc1ccccc1. The molecule has 0 fully saturated rings. The number of nitrogens with one attached hydrogen (secondary N) is 1. The summed E-state index contributed by atoms with van der Waals surface area (Å²) >= 11 is 1.89. The molecule has 0 bridgehead atoms. The minimum atomic E-state index is 0.640. The first-order valence-corrected chi connectivity index (χ1v) is 16.2. The van der Waals surface area contributed by atoms with Gasteiger partial charge in [-0.3, -0.25) is 0 Å². The summed E-state index contributed by atoms with van der Waals surface area (Å²) in [6, 6.07) is 51.5. The van der Waals surface area contributed by atoms with Gasteiger partial charge in [0.2, 0.25) is 0 Å². The van der Waals surface area contributed by atoms with Gasteiger partial charge >= 0.3 is 0 Å². The fraction of sp³-hybridized carbons (Fsp3) is 0.0714. The Kier molecular flexibility index (Phi) is 9.20. The van der Waals surface area contributed by atoms with Gasteiger partial charge in [-0.15, -0.1) is 11.3 Å². The van der Waals surface area contributed by atoms with Crippen molar-refractivity contribution in [2.45, 2.75) is 13.5 Å². The topological polar surface area (TPSA) is 54.8 Å². The zero-order valence-electron chi connectivity index (χ0n) is 26.2. The number of para-hydroxylation sites is 1. The Morgan fingerprint density at radius 1 is 0.565 bits per heavy atom. The molecule has 0 radical (unpaired) electrons. The van der Waals surface area contributed by atoms with Gasteiger partial charge in [-0.05, 0) is 53.6 Å². The molecule has 226 valence electrons. The van der Waals surface area contributed by atoms with E-state index in [4.69, 9.17) is 11.1 Å². The molecule has 0 aliphatic heterocycles. The van der Waals surface area contributed by atoms with Crippen molar-refractivity contribution in [2.75, 3.05) is 0 Å². The lowest BCUT2D eigenvalue weighted by Gasteiger charge is -2.09. The van der Waals surface area contributed by atoms with Gasteiger partial charge in [0.15, 0.2) is 0 Å². The Morgan fingerprint density at radius 3 is 1.80 bits per heavy atom. The third-order valence-electron chi connectivity index (χ3n) is 8.40. The van der Waals surface area contributed by atoms with Crippen molar-refractivity contribution in [3.63, 3.8) is 0 Å². The summed E-state index contributed by atoms with van der Waals surface area (Å²) in [7, 11) is 2.19. The number of fused-ring (bicyclic) bond motifs is 11. The van der Waals surface area contributed by atoms with Crippen molar-refractivity contribution in [3.05, 3.63) is 157 Å². The predicted octanol–water partition coefficient (Wildman–Crippen LogP) is 11.4. The molecule has 4 heteroatoms. The van der Waals surface area contributed by atoms with Gasteiger partial charge < -0.3 is 15.7 Å². The number of nitrogens with two attached hydrogens (primary N) is 1. The third-order valence-corrected chi connectivity index (χ3v) is 9.54. The van der Waals surface area contributed by atoms with Crippen molar-refractivity contribution >= 4 is 81.6 Å². The second kappa shape index (κ2) is 13.8. The Morgan fingerprint density at radius 2 is 1.13 bits per heavy atom. The van der Waals surface area contributed by atoms with Crippen LogP contribution in [-0.2, 0) is 13.6 Å². The number of aromatic nitrogens is 1. The molecule has 9 aromatic rings. The summed E-state index contributed by atoms with van der Waals surface area (Å²) < 4.78 is 5.08. The molecule has 0 amide bonds. The number of thiophene rings is 1. The summed E-state index contributed by atoms with van der Waals surface area (Å²) in [5, 5.41) is 16.3. The maximum atomic E-state index is 5.50. The van der Waals surface area contributed by atoms with Gasteiger partial charge in [-0.2, -0.15) is 0 Å². The minimum absolute atomic E-state index is 0.640. The molecule has 7 aromatic carbocycles. The predicted molar refractivity (Wildman–Crippen MR) is 204 cm³/mol. The van der Waals surface area contributed by atoms with Crippen molar-refractivity contribution in [2.24, 2.45) is 12.8 Å². The van der Waals surface area contributed by atoms with Crippen molar-refractivity contribution in [1.82, 2.24) is 4.57 Å². The quantitative estimate of drug-likeness (QED) is 0.140. The van der Waals surface area contributed by atoms with Crippen LogP contribution in [0.1, 0.15) is 11.1 Å². The van der Waals surface area contributed by atoms with E-state index in [1.54, 1.807) is 0 Å². The van der Waals surface area contributed by atoms with Gasteiger partial charge in [-0.25, -0.2) is 0 Å². The zero-order valence-corrected chi connectivity index (χ0v) is 27.0. The first-order valence-electron chi connectivity index (χ1n) is 15.4. The van der Waals surface area contributed by atoms with Gasteiger partial charge in [0.1, 0.15) is 0 Å². The van der Waals surface area contributed by atoms with Crippen LogP contribution in [0.3, 0.4) is 0 Å². The fourth-order valence-corrected chi connectivity index (χ4v) is 7.38. The molecule has 3 N–H and O–H groups in total. The standard InChI is InChI=1S/C27H17NS.C7H9N.C7H8.CH3N/c1-28-22-8-4-2-6-17(22)19-14-13-18-20(27(19)28)12-10-16-11-15-24-26(25(16)18)21-7-3-5-9-23(21)29-24;8-6-7-4-2-1-3-5-7;1-7-5-3-2-4-6-7;1-2/h2-15H,1H3;1-5H,6,8H2;2-6H,1H3;2H,1H2. The molecule has 0 atom stereocenters. The monoisotopic (exact) mass is 615 g/mol. The Bertz CT molecular complexity index is 2400. The first-order chi connectivity index (χ1) is 22.6. The second-order valence-electron chi connectivity index (χ2n) is 11.2. The van der Waals surface area contributed by atoms with Crippen LogP contribution in [0.25, 0.3) is 63.5 Å². The molecule has 0 saturated carbocycles. The summed E-state index contributed by atoms with van der Waals surface area (Å²) in [4.78, 5) is 0. The third kappa shape index (κ3) is 5.77. The lowest BCUT2D eigenvalue weighted by atomic mass is 9.96. The molecular formula is C42H37N3S. The molecular weight excluding hydrogens is 579 g/mol. The highest BCUT2D eigenvalue weighted by molar-refractivity contribution is 7.26. The Hall–Kier alpha value is -5.29. The maximum Gasteiger partial charge on any atom is 0.0568 e. The highest BCUT2D eigenvalue weighted by atomic mass is 32.1. The smallest absolute Gasteiger partial charge is 0.0568 e. The summed E-state index contributed by atoms with van der Waals surface area (Å²) in [5.74, 6) is 0. The lowest BCUT2D eigenvalue weighted by Crippen LogP contribution is -1.94. The summed E-state index contributed by atoms with van der Waals surface area (Å²) in [6.45, 7) is 5.22. The molecule has 0 unspecified atom stereocenters. The van der Waals surface area contributed by atoms with Crippen LogP contribution in [0.4, 0.5) is 0 Å². The summed E-state index contributed by atoms with van der Waals surface area (Å²) in [5.41, 5.74) is 10.5. The van der Waals surface area contributed by atoms with E-state index in [0.29, 0.717) is 6.54 Å². The average Bonchev–Trinajstić information content (AvgIpc) is 3.65. The normalized spacial score (nSPS) is 10.8. The number of benzene rings is 7. The fourth-order valence-electron chi connectivity index (χ4n) is 6.27. The van der Waals surface area contributed by atoms with Crippen LogP contribution >= 0.6 is 11.3 Å². The van der Waals surface area contributed by atoms with E-state index >= 15 is 0 Å². The maximum absolute atomic E-state index is 5.50. The molecule has 0 saturated heterocycles. The van der Waals surface area contributed by atoms with Gasteiger partial charge in [-0.1, -0.05) is 133 Å². The van der Waals surface area contributed by atoms with Gasteiger partial charge in [0.05, 0.1) is 5.52 Å². The van der Waals surface area contributed by atoms with E-state index < -0.39 is 0 Å². The van der Waals surface area contributed by atoms with Crippen LogP contribution in [0, 0.1) is 12.3 Å². The molecule has 46 heavy (non-hydrogen) atoms. The number of aryl methyl sites for hydroxylation is 2. The van der Waals surface area contributed by atoms with Crippen LogP contribution in [0.15, 0.2) is 146 Å². The molecule has 0 spiro atoms. The van der Waals surface area contributed by atoms with E-state index in [2.05, 4.69) is 122 Å². The van der Waals surface area contributed by atoms with Crippen molar-refractivity contribution < 1.29 is 0 Å². The molecule has 2 aromatic heterocycles. The van der Waals surface area contributed by atoms with Gasteiger partial charge in [0.25, 0.3) is 0 Å². The molecule has 3 nitrogen and oxygen atoms in total. The van der Waals surface area contributed by atoms with E-state index in [-0.39, 0.29) is 0 Å². The van der Waals surface area contributed by atoms with E-state index in [1.165, 1.54) is 74.6 Å². The highest BCUT2D eigenvalue weighted by Crippen LogP contribution is 2.43. The highest BCUT2D eigenvalue weighted by Gasteiger charge is 2.15. The number of hydrogen-bond donors (Lipinski definition) is 2. The zero-order chi connectivity index (χ0) is 32.0.